The molecular weight excluding hydrogens is 256 g/mol. The highest BCUT2D eigenvalue weighted by Gasteiger charge is 2.08. The lowest BCUT2D eigenvalue weighted by Gasteiger charge is -2.06. The Labute approximate surface area is 78.9 Å². The van der Waals surface area contributed by atoms with Gasteiger partial charge >= 0.3 is 0 Å². The second-order valence-corrected chi connectivity index (χ2v) is 3.59. The molecule has 60 valence electrons. The molecule has 0 heterocycles. The third kappa shape index (κ3) is 1.90. The van der Waals surface area contributed by atoms with Crippen molar-refractivity contribution in [3.05, 3.63) is 33.1 Å². The van der Waals surface area contributed by atoms with E-state index in [9.17, 15) is 4.39 Å². The summed E-state index contributed by atoms with van der Waals surface area (Å²) >= 11 is 1.95. The highest BCUT2D eigenvalue weighted by atomic mass is 127. The van der Waals surface area contributed by atoms with Crippen molar-refractivity contribution >= 4 is 22.6 Å². The maximum atomic E-state index is 13.2. The first-order valence-corrected chi connectivity index (χ1v) is 4.40. The Bertz CT molecular complexity index is 260. The molecule has 0 aliphatic rings. The maximum absolute atomic E-state index is 13.2. The largest absolute Gasteiger partial charge is 0.324 e. The van der Waals surface area contributed by atoms with Gasteiger partial charge in [0.1, 0.15) is 5.82 Å². The first-order chi connectivity index (χ1) is 5.13. The molecular formula is C8H9FIN. The molecule has 0 fully saturated rings. The fraction of sp³-hybridized carbons (Fsp3) is 0.250. The topological polar surface area (TPSA) is 26.0 Å². The zero-order valence-electron chi connectivity index (χ0n) is 6.14. The van der Waals surface area contributed by atoms with Crippen molar-refractivity contribution in [2.75, 3.05) is 0 Å². The molecule has 0 aromatic heterocycles. The lowest BCUT2D eigenvalue weighted by Crippen LogP contribution is -2.07. The minimum Gasteiger partial charge on any atom is -0.324 e. The second-order valence-electron chi connectivity index (χ2n) is 2.43. The Hall–Kier alpha value is -0.160. The van der Waals surface area contributed by atoms with Crippen LogP contribution in [0.15, 0.2) is 18.2 Å². The molecule has 0 aliphatic heterocycles. The Morgan fingerprint density at radius 2 is 2.18 bits per heavy atom. The summed E-state index contributed by atoms with van der Waals surface area (Å²) in [6, 6.07) is 5.01. The quantitative estimate of drug-likeness (QED) is 0.775. The van der Waals surface area contributed by atoms with Gasteiger partial charge in [0.2, 0.25) is 0 Å². The van der Waals surface area contributed by atoms with Gasteiger partial charge in [-0.15, -0.1) is 0 Å². The van der Waals surface area contributed by atoms with Crippen LogP contribution >= 0.6 is 22.6 Å². The molecule has 0 amide bonds. The van der Waals surface area contributed by atoms with Gasteiger partial charge < -0.3 is 5.73 Å². The molecule has 1 atom stereocenters. The summed E-state index contributed by atoms with van der Waals surface area (Å²) in [5, 5.41) is 0. The number of rotatable bonds is 1. The van der Waals surface area contributed by atoms with E-state index in [4.69, 9.17) is 5.73 Å². The number of halogens is 2. The van der Waals surface area contributed by atoms with E-state index in [1.807, 2.05) is 28.7 Å². The summed E-state index contributed by atoms with van der Waals surface area (Å²) in [5.74, 6) is -0.192. The highest BCUT2D eigenvalue weighted by molar-refractivity contribution is 14.1. The number of hydrogen-bond acceptors (Lipinski definition) is 1. The van der Waals surface area contributed by atoms with Crippen molar-refractivity contribution in [2.45, 2.75) is 13.0 Å². The van der Waals surface area contributed by atoms with E-state index in [0.29, 0.717) is 9.13 Å². The summed E-state index contributed by atoms with van der Waals surface area (Å²) in [6.45, 7) is 1.77. The van der Waals surface area contributed by atoms with E-state index < -0.39 is 0 Å². The van der Waals surface area contributed by atoms with Crippen LogP contribution in [0.1, 0.15) is 18.5 Å². The van der Waals surface area contributed by atoms with E-state index in [-0.39, 0.29) is 11.9 Å². The lowest BCUT2D eigenvalue weighted by atomic mass is 10.1. The first-order valence-electron chi connectivity index (χ1n) is 3.32. The first kappa shape index (κ1) is 8.93. The maximum Gasteiger partial charge on any atom is 0.141 e. The van der Waals surface area contributed by atoms with Crippen LogP contribution in [0.4, 0.5) is 4.39 Å². The third-order valence-corrected chi connectivity index (χ3v) is 2.31. The second kappa shape index (κ2) is 3.49. The average molecular weight is 265 g/mol. The summed E-state index contributed by atoms with van der Waals surface area (Å²) in [5.41, 5.74) is 6.12. The summed E-state index contributed by atoms with van der Waals surface area (Å²) in [6.07, 6.45) is 0. The van der Waals surface area contributed by atoms with Crippen molar-refractivity contribution in [1.82, 2.24) is 0 Å². The van der Waals surface area contributed by atoms with Crippen LogP contribution in [0.5, 0.6) is 0 Å². The van der Waals surface area contributed by atoms with E-state index in [2.05, 4.69) is 0 Å². The number of benzene rings is 1. The van der Waals surface area contributed by atoms with E-state index in [1.54, 1.807) is 19.1 Å². The van der Waals surface area contributed by atoms with Gasteiger partial charge in [-0.2, -0.15) is 0 Å². The molecule has 0 saturated carbocycles. The van der Waals surface area contributed by atoms with Gasteiger partial charge in [-0.3, -0.25) is 0 Å². The predicted octanol–water partition coefficient (Wildman–Crippen LogP) is 2.45. The average Bonchev–Trinajstić information content (AvgIpc) is 1.94. The fourth-order valence-electron chi connectivity index (χ4n) is 0.872. The van der Waals surface area contributed by atoms with E-state index in [1.165, 1.54) is 0 Å². The van der Waals surface area contributed by atoms with Crippen LogP contribution in [0.25, 0.3) is 0 Å². The highest BCUT2D eigenvalue weighted by Crippen LogP contribution is 2.18. The Balaban J connectivity index is 3.17. The predicted molar refractivity (Wildman–Crippen MR) is 51.7 cm³/mol. The van der Waals surface area contributed by atoms with Gasteiger partial charge in [0.15, 0.2) is 0 Å². The fourth-order valence-corrected chi connectivity index (χ4v) is 1.39. The SMILES string of the molecule is C[C@@H](N)c1cccc(I)c1F. The van der Waals surface area contributed by atoms with Gasteiger partial charge in [0.25, 0.3) is 0 Å². The lowest BCUT2D eigenvalue weighted by molar-refractivity contribution is 0.587. The molecule has 0 spiro atoms. The van der Waals surface area contributed by atoms with E-state index in [0.717, 1.165) is 0 Å². The van der Waals surface area contributed by atoms with Crippen LogP contribution in [0.2, 0.25) is 0 Å². The molecule has 0 unspecified atom stereocenters. The smallest absolute Gasteiger partial charge is 0.141 e. The molecule has 1 rings (SSSR count). The van der Waals surface area contributed by atoms with Crippen LogP contribution < -0.4 is 5.73 Å². The van der Waals surface area contributed by atoms with Crippen molar-refractivity contribution in [1.29, 1.82) is 0 Å². The molecule has 1 aromatic rings. The van der Waals surface area contributed by atoms with Crippen LogP contribution in [-0.4, -0.2) is 0 Å². The van der Waals surface area contributed by atoms with Gasteiger partial charge in [-0.25, -0.2) is 4.39 Å². The van der Waals surface area contributed by atoms with Crippen molar-refractivity contribution < 1.29 is 4.39 Å². The summed E-state index contributed by atoms with van der Waals surface area (Å²) < 4.78 is 13.8. The minimum absolute atomic E-state index is 0.192. The molecule has 1 aromatic carbocycles. The molecule has 0 aliphatic carbocycles. The Morgan fingerprint density at radius 1 is 1.55 bits per heavy atom. The number of hydrogen-bond donors (Lipinski definition) is 1. The normalized spacial score (nSPS) is 13.1. The van der Waals surface area contributed by atoms with Gasteiger partial charge in [0.05, 0.1) is 0 Å². The van der Waals surface area contributed by atoms with Gasteiger partial charge in [-0.05, 0) is 35.6 Å². The Kier molecular flexibility index (Phi) is 2.84. The summed E-state index contributed by atoms with van der Waals surface area (Å²) in [7, 11) is 0. The van der Waals surface area contributed by atoms with Crippen LogP contribution in [0.3, 0.4) is 0 Å². The van der Waals surface area contributed by atoms with Crippen LogP contribution in [-0.2, 0) is 0 Å². The molecule has 0 radical (unpaired) electrons. The third-order valence-electron chi connectivity index (χ3n) is 1.47. The standard InChI is InChI=1S/C8H9FIN/c1-5(11)6-3-2-4-7(10)8(6)9/h2-5H,11H2,1H3/t5-/m1/s1. The van der Waals surface area contributed by atoms with Crippen LogP contribution in [0, 0.1) is 9.39 Å². The molecule has 11 heavy (non-hydrogen) atoms. The summed E-state index contributed by atoms with van der Waals surface area (Å²) in [4.78, 5) is 0. The molecule has 0 saturated heterocycles. The molecule has 0 bridgehead atoms. The van der Waals surface area contributed by atoms with Crippen molar-refractivity contribution in [2.24, 2.45) is 5.73 Å². The molecule has 1 nitrogen and oxygen atoms in total. The number of nitrogens with two attached hydrogens (primary N) is 1. The zero-order chi connectivity index (χ0) is 8.43. The Morgan fingerprint density at radius 3 is 2.64 bits per heavy atom. The zero-order valence-corrected chi connectivity index (χ0v) is 8.30. The van der Waals surface area contributed by atoms with Crippen molar-refractivity contribution in [3.63, 3.8) is 0 Å². The molecule has 2 N–H and O–H groups in total. The molecule has 3 heteroatoms. The van der Waals surface area contributed by atoms with Crippen molar-refractivity contribution in [3.8, 4) is 0 Å². The van der Waals surface area contributed by atoms with Gasteiger partial charge in [-0.1, -0.05) is 12.1 Å². The van der Waals surface area contributed by atoms with Gasteiger partial charge in [0, 0.05) is 15.2 Å². The van der Waals surface area contributed by atoms with E-state index >= 15 is 0 Å². The minimum atomic E-state index is -0.232. The monoisotopic (exact) mass is 265 g/mol.